The first-order chi connectivity index (χ1) is 8.43. The van der Waals surface area contributed by atoms with E-state index in [-0.39, 0.29) is 0 Å². The molecule has 0 amide bonds. The van der Waals surface area contributed by atoms with Crippen LogP contribution in [-0.2, 0) is 0 Å². The summed E-state index contributed by atoms with van der Waals surface area (Å²) >= 11 is 1.69. The van der Waals surface area contributed by atoms with E-state index >= 15 is 0 Å². The van der Waals surface area contributed by atoms with E-state index in [0.29, 0.717) is 0 Å². The second-order valence-corrected chi connectivity index (χ2v) is 4.80. The van der Waals surface area contributed by atoms with Gasteiger partial charge in [-0.2, -0.15) is 11.3 Å². The second-order valence-electron chi connectivity index (χ2n) is 4.02. The fraction of sp³-hybridized carbons (Fsp3) is 0.333. The predicted octanol–water partition coefficient (Wildman–Crippen LogP) is 1.61. The van der Waals surface area contributed by atoms with E-state index in [4.69, 9.17) is 0 Å². The molecule has 1 aliphatic rings. The molecular formula is C12H14N4S. The summed E-state index contributed by atoms with van der Waals surface area (Å²) in [6, 6.07) is 2.09. The molecule has 0 aliphatic carbocycles. The fourth-order valence-electron chi connectivity index (χ4n) is 1.93. The van der Waals surface area contributed by atoms with Gasteiger partial charge in [-0.1, -0.05) is 0 Å². The van der Waals surface area contributed by atoms with Gasteiger partial charge in [-0.15, -0.1) is 0 Å². The SMILES string of the molecule is c1cc(-c2cnc(N3CCNCC3)nc2)cs1. The van der Waals surface area contributed by atoms with Crippen molar-refractivity contribution >= 4 is 17.3 Å². The number of thiophene rings is 1. The number of rotatable bonds is 2. The topological polar surface area (TPSA) is 41.1 Å². The Morgan fingerprint density at radius 1 is 1.12 bits per heavy atom. The maximum Gasteiger partial charge on any atom is 0.225 e. The van der Waals surface area contributed by atoms with Crippen molar-refractivity contribution in [3.05, 3.63) is 29.2 Å². The van der Waals surface area contributed by atoms with E-state index in [2.05, 4.69) is 37.0 Å². The zero-order valence-corrected chi connectivity index (χ0v) is 10.3. The molecule has 3 rings (SSSR count). The van der Waals surface area contributed by atoms with E-state index in [1.807, 2.05) is 12.4 Å². The Labute approximate surface area is 104 Å². The molecule has 2 aromatic rings. The highest BCUT2D eigenvalue weighted by Crippen LogP contribution is 2.21. The van der Waals surface area contributed by atoms with Crippen molar-refractivity contribution in [3.63, 3.8) is 0 Å². The molecule has 1 fully saturated rings. The lowest BCUT2D eigenvalue weighted by molar-refractivity contribution is 0.580. The summed E-state index contributed by atoms with van der Waals surface area (Å²) in [5.41, 5.74) is 2.28. The van der Waals surface area contributed by atoms with Gasteiger partial charge < -0.3 is 10.2 Å². The van der Waals surface area contributed by atoms with Crippen molar-refractivity contribution in [2.45, 2.75) is 0 Å². The molecule has 0 bridgehead atoms. The molecule has 0 aromatic carbocycles. The average Bonchev–Trinajstić information content (AvgIpc) is 2.94. The van der Waals surface area contributed by atoms with Gasteiger partial charge in [-0.3, -0.25) is 0 Å². The van der Waals surface area contributed by atoms with Gasteiger partial charge in [0.1, 0.15) is 0 Å². The first-order valence-corrected chi connectivity index (χ1v) is 6.68. The number of piperazine rings is 1. The second kappa shape index (κ2) is 4.81. The van der Waals surface area contributed by atoms with Crippen molar-refractivity contribution in [1.82, 2.24) is 15.3 Å². The minimum absolute atomic E-state index is 0.838. The first-order valence-electron chi connectivity index (χ1n) is 5.74. The number of nitrogens with zero attached hydrogens (tertiary/aromatic N) is 3. The maximum atomic E-state index is 4.45. The van der Waals surface area contributed by atoms with Gasteiger partial charge in [0.2, 0.25) is 5.95 Å². The summed E-state index contributed by atoms with van der Waals surface area (Å²) in [5, 5.41) is 7.51. The lowest BCUT2D eigenvalue weighted by Crippen LogP contribution is -2.44. The van der Waals surface area contributed by atoms with Gasteiger partial charge in [0, 0.05) is 44.1 Å². The molecule has 0 spiro atoms. The van der Waals surface area contributed by atoms with Crippen molar-refractivity contribution < 1.29 is 0 Å². The molecule has 17 heavy (non-hydrogen) atoms. The van der Waals surface area contributed by atoms with Crippen LogP contribution >= 0.6 is 11.3 Å². The third-order valence-corrected chi connectivity index (χ3v) is 3.58. The molecule has 5 heteroatoms. The van der Waals surface area contributed by atoms with Crippen LogP contribution in [0.4, 0.5) is 5.95 Å². The Kier molecular flexibility index (Phi) is 3.02. The predicted molar refractivity (Wildman–Crippen MR) is 70.4 cm³/mol. The van der Waals surface area contributed by atoms with Gasteiger partial charge in [0.05, 0.1) is 0 Å². The van der Waals surface area contributed by atoms with Gasteiger partial charge in [-0.05, 0) is 22.4 Å². The molecule has 0 saturated carbocycles. The van der Waals surface area contributed by atoms with Gasteiger partial charge in [-0.25, -0.2) is 9.97 Å². The maximum absolute atomic E-state index is 4.45. The number of anilines is 1. The summed E-state index contributed by atoms with van der Waals surface area (Å²) in [6.45, 7) is 3.99. The smallest absolute Gasteiger partial charge is 0.225 e. The normalized spacial score (nSPS) is 16.1. The molecule has 88 valence electrons. The van der Waals surface area contributed by atoms with Gasteiger partial charge in [0.15, 0.2) is 0 Å². The van der Waals surface area contributed by atoms with Crippen LogP contribution in [0.1, 0.15) is 0 Å². The Balaban J connectivity index is 1.80. The van der Waals surface area contributed by atoms with Crippen LogP contribution in [0.15, 0.2) is 29.2 Å². The molecule has 1 N–H and O–H groups in total. The fourth-order valence-corrected chi connectivity index (χ4v) is 2.59. The quantitative estimate of drug-likeness (QED) is 0.874. The molecular weight excluding hydrogens is 232 g/mol. The highest BCUT2D eigenvalue weighted by atomic mass is 32.1. The zero-order valence-electron chi connectivity index (χ0n) is 9.47. The van der Waals surface area contributed by atoms with E-state index in [9.17, 15) is 0 Å². The summed E-state index contributed by atoms with van der Waals surface area (Å²) < 4.78 is 0. The van der Waals surface area contributed by atoms with E-state index in [1.165, 1.54) is 5.56 Å². The Morgan fingerprint density at radius 3 is 2.53 bits per heavy atom. The largest absolute Gasteiger partial charge is 0.338 e. The Morgan fingerprint density at radius 2 is 1.88 bits per heavy atom. The van der Waals surface area contributed by atoms with Crippen LogP contribution in [0, 0.1) is 0 Å². The minimum Gasteiger partial charge on any atom is -0.338 e. The van der Waals surface area contributed by atoms with Crippen LogP contribution in [-0.4, -0.2) is 36.1 Å². The number of hydrogen-bond acceptors (Lipinski definition) is 5. The molecule has 0 unspecified atom stereocenters. The molecule has 4 nitrogen and oxygen atoms in total. The Hall–Kier alpha value is -1.46. The van der Waals surface area contributed by atoms with E-state index in [0.717, 1.165) is 37.7 Å². The van der Waals surface area contributed by atoms with Crippen LogP contribution in [0.2, 0.25) is 0 Å². The average molecular weight is 246 g/mol. The lowest BCUT2D eigenvalue weighted by Gasteiger charge is -2.27. The lowest BCUT2D eigenvalue weighted by atomic mass is 10.2. The summed E-state index contributed by atoms with van der Waals surface area (Å²) in [6.07, 6.45) is 3.82. The third kappa shape index (κ3) is 2.30. The number of aromatic nitrogens is 2. The molecule has 2 aromatic heterocycles. The highest BCUT2D eigenvalue weighted by Gasteiger charge is 2.12. The first kappa shape index (κ1) is 10.7. The summed E-state index contributed by atoms with van der Waals surface area (Å²) in [7, 11) is 0. The van der Waals surface area contributed by atoms with Crippen molar-refractivity contribution in [1.29, 1.82) is 0 Å². The van der Waals surface area contributed by atoms with Crippen LogP contribution < -0.4 is 10.2 Å². The standard InChI is InChI=1S/C12H14N4S/c1-6-17-9-10(1)11-7-14-12(15-8-11)16-4-2-13-3-5-16/h1,6-9,13H,2-5H2. The monoisotopic (exact) mass is 246 g/mol. The zero-order chi connectivity index (χ0) is 11.5. The van der Waals surface area contributed by atoms with Gasteiger partial charge in [0.25, 0.3) is 0 Å². The molecule has 1 aliphatic heterocycles. The summed E-state index contributed by atoms with van der Waals surface area (Å²) in [4.78, 5) is 11.1. The molecule has 0 atom stereocenters. The van der Waals surface area contributed by atoms with E-state index < -0.39 is 0 Å². The third-order valence-electron chi connectivity index (χ3n) is 2.89. The number of nitrogens with one attached hydrogen (secondary N) is 1. The molecule has 3 heterocycles. The summed E-state index contributed by atoms with van der Waals surface area (Å²) in [5.74, 6) is 0.838. The van der Waals surface area contributed by atoms with Crippen LogP contribution in [0.5, 0.6) is 0 Å². The number of hydrogen-bond donors (Lipinski definition) is 1. The van der Waals surface area contributed by atoms with Crippen LogP contribution in [0.3, 0.4) is 0 Å². The van der Waals surface area contributed by atoms with Crippen LogP contribution in [0.25, 0.3) is 11.1 Å². The van der Waals surface area contributed by atoms with E-state index in [1.54, 1.807) is 11.3 Å². The highest BCUT2D eigenvalue weighted by molar-refractivity contribution is 7.08. The Bertz CT molecular complexity index is 460. The van der Waals surface area contributed by atoms with Gasteiger partial charge >= 0.3 is 0 Å². The molecule has 1 saturated heterocycles. The molecule has 0 radical (unpaired) electrons. The van der Waals surface area contributed by atoms with Crippen molar-refractivity contribution in [2.24, 2.45) is 0 Å². The van der Waals surface area contributed by atoms with Crippen molar-refractivity contribution in [2.75, 3.05) is 31.1 Å². The minimum atomic E-state index is 0.838. The van der Waals surface area contributed by atoms with Crippen molar-refractivity contribution in [3.8, 4) is 11.1 Å².